The van der Waals surface area contributed by atoms with Crippen LogP contribution in [0.2, 0.25) is 0 Å². The van der Waals surface area contributed by atoms with E-state index in [9.17, 15) is 9.90 Å². The minimum absolute atomic E-state index is 0.0523. The zero-order valence-electron chi connectivity index (χ0n) is 15.5. The number of carbonyl (C=O) groups excluding carboxylic acids is 1. The van der Waals surface area contributed by atoms with Gasteiger partial charge in [0.05, 0.1) is 23.6 Å². The van der Waals surface area contributed by atoms with Crippen LogP contribution in [0.25, 0.3) is 0 Å². The van der Waals surface area contributed by atoms with Crippen LogP contribution >= 0.6 is 0 Å². The van der Waals surface area contributed by atoms with Crippen LogP contribution in [0.5, 0.6) is 0 Å². The SMILES string of the molecule is Cc1cc(C(C(=O)N2CC(O)CC2C2=NOC(C)(C)C2)C(C)C)on1. The first-order valence-electron chi connectivity index (χ1n) is 8.84. The first kappa shape index (κ1) is 17.9. The average Bonchev–Trinajstić information content (AvgIpc) is 3.18. The van der Waals surface area contributed by atoms with Crippen molar-refractivity contribution in [2.45, 2.75) is 71.1 Å². The number of aliphatic hydroxyl groups is 1. The molecule has 1 fully saturated rings. The topological polar surface area (TPSA) is 88.2 Å². The summed E-state index contributed by atoms with van der Waals surface area (Å²) in [5.41, 5.74) is 1.21. The Labute approximate surface area is 148 Å². The van der Waals surface area contributed by atoms with E-state index in [1.165, 1.54) is 0 Å². The zero-order valence-corrected chi connectivity index (χ0v) is 15.5. The van der Waals surface area contributed by atoms with Crippen LogP contribution in [0.4, 0.5) is 0 Å². The van der Waals surface area contributed by atoms with Gasteiger partial charge in [-0.1, -0.05) is 24.2 Å². The van der Waals surface area contributed by atoms with E-state index >= 15 is 0 Å². The van der Waals surface area contributed by atoms with Gasteiger partial charge in [0, 0.05) is 25.5 Å². The quantitative estimate of drug-likeness (QED) is 0.900. The Kier molecular flexibility index (Phi) is 4.62. The minimum Gasteiger partial charge on any atom is -0.391 e. The molecule has 7 nitrogen and oxygen atoms in total. The molecule has 1 saturated heterocycles. The van der Waals surface area contributed by atoms with Gasteiger partial charge in [0.15, 0.2) is 0 Å². The van der Waals surface area contributed by atoms with E-state index in [2.05, 4.69) is 10.3 Å². The lowest BCUT2D eigenvalue weighted by Gasteiger charge is -2.29. The van der Waals surface area contributed by atoms with Crippen LogP contribution in [-0.4, -0.2) is 51.1 Å². The van der Waals surface area contributed by atoms with Crippen LogP contribution in [-0.2, 0) is 9.63 Å². The molecule has 0 saturated carbocycles. The molecular weight excluding hydrogens is 322 g/mol. The Morgan fingerprint density at radius 3 is 2.68 bits per heavy atom. The molecule has 2 aliphatic rings. The van der Waals surface area contributed by atoms with E-state index in [0.717, 1.165) is 11.4 Å². The van der Waals surface area contributed by atoms with Crippen molar-refractivity contribution in [2.75, 3.05) is 6.54 Å². The molecule has 0 radical (unpaired) electrons. The summed E-state index contributed by atoms with van der Waals surface area (Å²) in [4.78, 5) is 20.5. The maximum absolute atomic E-state index is 13.3. The fraction of sp³-hybridized carbons (Fsp3) is 0.722. The van der Waals surface area contributed by atoms with Gasteiger partial charge in [0.1, 0.15) is 17.3 Å². The van der Waals surface area contributed by atoms with Crippen molar-refractivity contribution < 1.29 is 19.3 Å². The monoisotopic (exact) mass is 349 g/mol. The maximum atomic E-state index is 13.3. The van der Waals surface area contributed by atoms with E-state index in [0.29, 0.717) is 25.1 Å². The lowest BCUT2D eigenvalue weighted by Crippen LogP contribution is -2.44. The number of amides is 1. The highest BCUT2D eigenvalue weighted by Crippen LogP contribution is 2.34. The molecule has 0 aliphatic carbocycles. The molecule has 3 atom stereocenters. The summed E-state index contributed by atoms with van der Waals surface area (Å²) < 4.78 is 5.37. The molecule has 1 N–H and O–H groups in total. The molecule has 1 aromatic heterocycles. The zero-order chi connectivity index (χ0) is 18.4. The highest BCUT2D eigenvalue weighted by Gasteiger charge is 2.45. The molecule has 1 amide bonds. The van der Waals surface area contributed by atoms with E-state index in [1.54, 1.807) is 4.90 Å². The number of oxime groups is 1. The largest absolute Gasteiger partial charge is 0.391 e. The number of aryl methyl sites for hydroxylation is 1. The van der Waals surface area contributed by atoms with Crippen molar-refractivity contribution in [1.82, 2.24) is 10.1 Å². The van der Waals surface area contributed by atoms with Crippen molar-refractivity contribution in [3.8, 4) is 0 Å². The fourth-order valence-corrected chi connectivity index (χ4v) is 3.68. The van der Waals surface area contributed by atoms with Gasteiger partial charge >= 0.3 is 0 Å². The van der Waals surface area contributed by atoms with Gasteiger partial charge in [-0.25, -0.2) is 0 Å². The molecular formula is C18H27N3O4. The summed E-state index contributed by atoms with van der Waals surface area (Å²) >= 11 is 0. The summed E-state index contributed by atoms with van der Waals surface area (Å²) in [6.45, 7) is 10.1. The number of aliphatic hydroxyl groups excluding tert-OH is 1. The molecule has 138 valence electrons. The number of β-amino-alcohol motifs (C(OH)–C–C–N with tert-alkyl or cyclic N) is 1. The van der Waals surface area contributed by atoms with Gasteiger partial charge in [0.25, 0.3) is 0 Å². The second kappa shape index (κ2) is 6.44. The number of rotatable bonds is 4. The van der Waals surface area contributed by atoms with Gasteiger partial charge in [-0.05, 0) is 26.7 Å². The van der Waals surface area contributed by atoms with Gasteiger partial charge in [-0.2, -0.15) is 0 Å². The molecule has 7 heteroatoms. The number of carbonyl (C=O) groups is 1. The molecule has 25 heavy (non-hydrogen) atoms. The third-order valence-corrected chi connectivity index (χ3v) is 4.85. The molecule has 0 bridgehead atoms. The fourth-order valence-electron chi connectivity index (χ4n) is 3.68. The third kappa shape index (κ3) is 3.56. The number of likely N-dealkylation sites (tertiary alicyclic amines) is 1. The predicted octanol–water partition coefficient (Wildman–Crippen LogP) is 2.24. The molecule has 2 aliphatic heterocycles. The molecule has 0 aromatic carbocycles. The van der Waals surface area contributed by atoms with Gasteiger partial charge < -0.3 is 19.4 Å². The number of nitrogens with zero attached hydrogens (tertiary/aromatic N) is 3. The molecule has 0 spiro atoms. The van der Waals surface area contributed by atoms with Crippen molar-refractivity contribution >= 4 is 11.6 Å². The Balaban J connectivity index is 1.85. The minimum atomic E-state index is -0.551. The predicted molar refractivity (Wildman–Crippen MR) is 92.2 cm³/mol. The first-order chi connectivity index (χ1) is 11.7. The second-order valence-electron chi connectivity index (χ2n) is 8.10. The number of hydrogen-bond acceptors (Lipinski definition) is 6. The van der Waals surface area contributed by atoms with Crippen LogP contribution < -0.4 is 0 Å². The summed E-state index contributed by atoms with van der Waals surface area (Å²) in [5.74, 6) is 0.143. The Morgan fingerprint density at radius 2 is 2.16 bits per heavy atom. The standard InChI is InChI=1S/C18H27N3O4/c1-10(2)16(15-6-11(3)19-24-15)17(23)21-9-12(22)7-14(21)13-8-18(4,5)25-20-13/h6,10,12,14,16,22H,7-9H2,1-5H3. The van der Waals surface area contributed by atoms with Gasteiger partial charge in [0.2, 0.25) is 5.91 Å². The van der Waals surface area contributed by atoms with E-state index in [-0.39, 0.29) is 23.5 Å². The third-order valence-electron chi connectivity index (χ3n) is 4.85. The van der Waals surface area contributed by atoms with E-state index in [4.69, 9.17) is 9.36 Å². The number of hydrogen-bond donors (Lipinski definition) is 1. The Hall–Kier alpha value is -1.89. The molecule has 3 rings (SSSR count). The van der Waals surface area contributed by atoms with Crippen molar-refractivity contribution in [2.24, 2.45) is 11.1 Å². The van der Waals surface area contributed by atoms with Crippen LogP contribution in [0.15, 0.2) is 15.7 Å². The normalized spacial score (nSPS) is 26.7. The first-order valence-corrected chi connectivity index (χ1v) is 8.84. The summed E-state index contributed by atoms with van der Waals surface area (Å²) in [7, 11) is 0. The van der Waals surface area contributed by atoms with Crippen molar-refractivity contribution in [3.05, 3.63) is 17.5 Å². The van der Waals surface area contributed by atoms with Crippen molar-refractivity contribution in [3.63, 3.8) is 0 Å². The smallest absolute Gasteiger partial charge is 0.234 e. The lowest BCUT2D eigenvalue weighted by molar-refractivity contribution is -0.134. The Morgan fingerprint density at radius 1 is 1.44 bits per heavy atom. The van der Waals surface area contributed by atoms with Crippen LogP contribution in [0, 0.1) is 12.8 Å². The van der Waals surface area contributed by atoms with Gasteiger partial charge in [-0.3, -0.25) is 4.79 Å². The highest BCUT2D eigenvalue weighted by molar-refractivity contribution is 5.96. The van der Waals surface area contributed by atoms with E-state index in [1.807, 2.05) is 40.7 Å². The van der Waals surface area contributed by atoms with Crippen molar-refractivity contribution in [1.29, 1.82) is 0 Å². The second-order valence-corrected chi connectivity index (χ2v) is 8.10. The molecule has 1 aromatic rings. The average molecular weight is 349 g/mol. The summed E-state index contributed by atoms with van der Waals surface area (Å²) in [5, 5.41) is 18.3. The lowest BCUT2D eigenvalue weighted by atomic mass is 9.90. The highest BCUT2D eigenvalue weighted by atomic mass is 16.7. The van der Waals surface area contributed by atoms with Crippen LogP contribution in [0.1, 0.15) is 57.9 Å². The summed E-state index contributed by atoms with van der Waals surface area (Å²) in [6.07, 6.45) is 0.594. The Bertz CT molecular complexity index is 680. The maximum Gasteiger partial charge on any atom is 0.234 e. The molecule has 3 unspecified atom stereocenters. The number of aromatic nitrogens is 1. The van der Waals surface area contributed by atoms with E-state index < -0.39 is 12.0 Å². The van der Waals surface area contributed by atoms with Gasteiger partial charge in [-0.15, -0.1) is 0 Å². The molecule has 3 heterocycles. The summed E-state index contributed by atoms with van der Waals surface area (Å²) in [6, 6.07) is 1.58. The van der Waals surface area contributed by atoms with Crippen LogP contribution in [0.3, 0.4) is 0 Å².